The van der Waals surface area contributed by atoms with Crippen molar-refractivity contribution in [2.24, 2.45) is 0 Å². The second kappa shape index (κ2) is 1.39. The molecule has 0 N–H and O–H groups in total. The van der Waals surface area contributed by atoms with Gasteiger partial charge in [0.2, 0.25) is 0 Å². The van der Waals surface area contributed by atoms with E-state index in [-0.39, 0.29) is 0 Å². The van der Waals surface area contributed by atoms with E-state index >= 15 is 0 Å². The second-order valence-electron chi connectivity index (χ2n) is 3.01. The lowest BCUT2D eigenvalue weighted by molar-refractivity contribution is 1.48. The first-order valence-electron chi connectivity index (χ1n) is 2.79. The lowest BCUT2D eigenvalue weighted by Crippen LogP contribution is -1.80. The van der Waals surface area contributed by atoms with Crippen LogP contribution in [0.4, 0.5) is 0 Å². The Labute approximate surface area is 45.9 Å². The largest absolute Gasteiger partial charge is 0.115 e. The Balaban J connectivity index is 2.52. The molecule has 0 spiro atoms. The molecule has 0 atom stereocenters. The number of hydrogen-bond donors (Lipinski definition) is 0. The molecule has 1 aliphatic carbocycles. The van der Waals surface area contributed by atoms with E-state index in [1.54, 1.807) is 0 Å². The Kier molecular flexibility index (Phi) is 1.08. The summed E-state index contributed by atoms with van der Waals surface area (Å²) in [6, 6.07) is 0. The zero-order valence-electron chi connectivity index (χ0n) is 5.15. The number of hydrogen-bond acceptors (Lipinski definition) is 0. The van der Waals surface area contributed by atoms with Crippen LogP contribution in [0.25, 0.3) is 0 Å². The monoisotopic (exact) mass is 116 g/mol. The third-order valence-corrected chi connectivity index (χ3v) is 4.03. The molecule has 1 saturated carbocycles. The van der Waals surface area contributed by atoms with Crippen LogP contribution >= 0.6 is 6.89 Å². The Morgan fingerprint density at radius 2 is 1.86 bits per heavy atom. The van der Waals surface area contributed by atoms with Gasteiger partial charge in [-0.3, -0.25) is 0 Å². The maximum atomic E-state index is 4.14. The van der Waals surface area contributed by atoms with Crippen LogP contribution in [0.1, 0.15) is 12.8 Å². The third kappa shape index (κ3) is 1.35. The normalized spacial score (nSPS) is 22.6. The van der Waals surface area contributed by atoms with Crippen molar-refractivity contribution in [3.63, 3.8) is 0 Å². The van der Waals surface area contributed by atoms with Crippen LogP contribution in [0.3, 0.4) is 0 Å². The summed E-state index contributed by atoms with van der Waals surface area (Å²) < 4.78 is 0. The minimum Gasteiger partial charge on any atom is -0.115 e. The zero-order chi connectivity index (χ0) is 5.49. The molecule has 1 heteroatoms. The quantitative estimate of drug-likeness (QED) is 0.459. The van der Waals surface area contributed by atoms with Gasteiger partial charge in [0.05, 0.1) is 0 Å². The van der Waals surface area contributed by atoms with E-state index in [0.29, 0.717) is 0 Å². The predicted octanol–water partition coefficient (Wildman–Crippen LogP) is 1.86. The van der Waals surface area contributed by atoms with Crippen molar-refractivity contribution in [3.8, 4) is 0 Å². The summed E-state index contributed by atoms with van der Waals surface area (Å²) >= 11 is 0. The fourth-order valence-corrected chi connectivity index (χ4v) is 2.32. The summed E-state index contributed by atoms with van der Waals surface area (Å²) in [6.45, 7) is 4.02. The molecule has 0 saturated heterocycles. The molecule has 42 valence electrons. The maximum Gasteiger partial charge on any atom is -0.0220 e. The molecule has 0 nitrogen and oxygen atoms in total. The van der Waals surface area contributed by atoms with Gasteiger partial charge >= 0.3 is 0 Å². The Morgan fingerprint density at radius 1 is 1.43 bits per heavy atom. The van der Waals surface area contributed by atoms with Gasteiger partial charge in [0.15, 0.2) is 0 Å². The van der Waals surface area contributed by atoms with E-state index in [9.17, 15) is 0 Å². The van der Waals surface area contributed by atoms with Crippen molar-refractivity contribution < 1.29 is 0 Å². The molecule has 0 aliphatic heterocycles. The van der Waals surface area contributed by atoms with Gasteiger partial charge in [-0.25, -0.2) is 0 Å². The second-order valence-corrected chi connectivity index (χ2v) is 7.30. The van der Waals surface area contributed by atoms with Gasteiger partial charge in [0.25, 0.3) is 0 Å². The molecule has 0 radical (unpaired) electrons. The van der Waals surface area contributed by atoms with Crippen molar-refractivity contribution >= 4 is 13.2 Å². The summed E-state index contributed by atoms with van der Waals surface area (Å²) in [6.07, 6.45) is 7.07. The minimum absolute atomic E-state index is 0.627. The molecule has 1 fully saturated rings. The highest BCUT2D eigenvalue weighted by Crippen LogP contribution is 2.54. The predicted molar refractivity (Wildman–Crippen MR) is 38.9 cm³/mol. The van der Waals surface area contributed by atoms with Crippen LogP contribution in [0.15, 0.2) is 0 Å². The van der Waals surface area contributed by atoms with Gasteiger partial charge in [-0.2, -0.15) is 0 Å². The lowest BCUT2D eigenvalue weighted by atomic mass is 11.0. The average molecular weight is 116 g/mol. The fraction of sp³-hybridized carbons (Fsp3) is 0.833. The first-order chi connectivity index (χ1) is 3.11. The molecular formula is C6H13P. The molecule has 7 heavy (non-hydrogen) atoms. The van der Waals surface area contributed by atoms with Crippen molar-refractivity contribution in [1.82, 2.24) is 0 Å². The SMILES string of the molecule is C=P(C)(C)C1CC1. The highest BCUT2D eigenvalue weighted by Gasteiger charge is 2.27. The van der Waals surface area contributed by atoms with Gasteiger partial charge in [-0.05, 0) is 31.8 Å². The van der Waals surface area contributed by atoms with Crippen molar-refractivity contribution in [2.75, 3.05) is 13.3 Å². The summed E-state index contributed by atoms with van der Waals surface area (Å²) in [7, 11) is 0. The molecule has 0 amide bonds. The van der Waals surface area contributed by atoms with E-state index in [1.165, 1.54) is 12.8 Å². The van der Waals surface area contributed by atoms with Crippen molar-refractivity contribution in [1.29, 1.82) is 0 Å². The highest BCUT2D eigenvalue weighted by atomic mass is 31.2. The van der Waals surface area contributed by atoms with Crippen LogP contribution in [-0.2, 0) is 0 Å². The maximum absolute atomic E-state index is 4.14. The van der Waals surface area contributed by atoms with Crippen LogP contribution in [0, 0.1) is 0 Å². The molecule has 0 unspecified atom stereocenters. The van der Waals surface area contributed by atoms with Gasteiger partial charge < -0.3 is 0 Å². The number of rotatable bonds is 1. The average Bonchev–Trinajstić information content (AvgIpc) is 1.99. The van der Waals surface area contributed by atoms with Crippen LogP contribution < -0.4 is 0 Å². The van der Waals surface area contributed by atoms with Crippen LogP contribution in [0.2, 0.25) is 0 Å². The summed E-state index contributed by atoms with van der Waals surface area (Å²) in [4.78, 5) is 0. The van der Waals surface area contributed by atoms with Gasteiger partial charge in [-0.15, -0.1) is 13.2 Å². The molecule has 0 heterocycles. The van der Waals surface area contributed by atoms with Crippen LogP contribution in [-0.4, -0.2) is 25.3 Å². The molecule has 0 aromatic carbocycles. The van der Waals surface area contributed by atoms with Gasteiger partial charge in [0.1, 0.15) is 0 Å². The molecule has 0 aromatic heterocycles. The van der Waals surface area contributed by atoms with Crippen molar-refractivity contribution in [2.45, 2.75) is 18.5 Å². The smallest absolute Gasteiger partial charge is 0.0220 e. The first-order valence-corrected chi connectivity index (χ1v) is 5.72. The van der Waals surface area contributed by atoms with Crippen LogP contribution in [0.5, 0.6) is 0 Å². The highest BCUT2D eigenvalue weighted by molar-refractivity contribution is 7.73. The third-order valence-electron chi connectivity index (χ3n) is 1.54. The lowest BCUT2D eigenvalue weighted by Gasteiger charge is -2.07. The van der Waals surface area contributed by atoms with E-state index in [2.05, 4.69) is 19.6 Å². The summed E-state index contributed by atoms with van der Waals surface area (Å²) in [5.41, 5.74) is 1.05. The topological polar surface area (TPSA) is 0 Å². The Morgan fingerprint density at radius 3 is 1.86 bits per heavy atom. The molecule has 1 aliphatic rings. The van der Waals surface area contributed by atoms with E-state index in [4.69, 9.17) is 0 Å². The molecule has 0 bridgehead atoms. The molecule has 1 rings (SSSR count). The fourth-order valence-electron chi connectivity index (χ4n) is 0.774. The van der Waals surface area contributed by atoms with Gasteiger partial charge in [0, 0.05) is 0 Å². The summed E-state index contributed by atoms with van der Waals surface area (Å²) in [5, 5.41) is 0. The molecule has 0 aromatic rings. The van der Waals surface area contributed by atoms with Crippen molar-refractivity contribution in [3.05, 3.63) is 0 Å². The van der Waals surface area contributed by atoms with E-state index in [0.717, 1.165) is 5.66 Å². The first kappa shape index (κ1) is 5.44. The Bertz CT molecular complexity index is 105. The standard InChI is InChI=1S/C6H13P/c1-7(2,3)6-4-5-6/h6H,1,4-5H2,2-3H3. The summed E-state index contributed by atoms with van der Waals surface area (Å²) in [5.74, 6) is 0. The van der Waals surface area contributed by atoms with E-state index in [1.807, 2.05) is 0 Å². The minimum atomic E-state index is -0.627. The Hall–Kier alpha value is 0.300. The van der Waals surface area contributed by atoms with E-state index < -0.39 is 6.89 Å². The zero-order valence-corrected chi connectivity index (χ0v) is 6.04. The van der Waals surface area contributed by atoms with Gasteiger partial charge in [-0.1, -0.05) is 0 Å². The molecular weight excluding hydrogens is 103 g/mol.